The van der Waals surface area contributed by atoms with Crippen molar-refractivity contribution in [2.45, 2.75) is 13.3 Å². The van der Waals surface area contributed by atoms with Crippen LogP contribution in [0.5, 0.6) is 0 Å². The molecule has 0 amide bonds. The number of carboxylic acid groups (broad SMARTS) is 2. The van der Waals surface area contributed by atoms with Crippen LogP contribution in [0.2, 0.25) is 0 Å². The minimum Gasteiger partial charge on any atom is -0.481 e. The first-order valence-corrected chi connectivity index (χ1v) is 4.07. The summed E-state index contributed by atoms with van der Waals surface area (Å²) >= 11 is 0. The topological polar surface area (TPSA) is 135 Å². The normalized spacial score (nSPS) is 10.1. The maximum Gasteiger partial charge on any atom is 0.314 e. The van der Waals surface area contributed by atoms with Gasteiger partial charge in [-0.3, -0.25) is 9.59 Å². The third-order valence-corrected chi connectivity index (χ3v) is 1.45. The van der Waals surface area contributed by atoms with Crippen LogP contribution >= 0.6 is 0 Å². The SMILES string of the molecule is CC(CO)(CO)CO.O=C(O)CC(=O)O. The molecule has 0 aromatic rings. The first-order chi connectivity index (χ1) is 6.81. The third kappa shape index (κ3) is 10.7. The number of hydrogen-bond acceptors (Lipinski definition) is 5. The zero-order valence-corrected chi connectivity index (χ0v) is 8.38. The van der Waals surface area contributed by atoms with E-state index >= 15 is 0 Å². The Hall–Kier alpha value is -1.18. The molecule has 0 spiro atoms. The fourth-order valence-electron chi connectivity index (χ4n) is 0.279. The summed E-state index contributed by atoms with van der Waals surface area (Å²) in [5.41, 5.74) is -0.708. The summed E-state index contributed by atoms with van der Waals surface area (Å²) in [5.74, 6) is -2.62. The van der Waals surface area contributed by atoms with Crippen molar-refractivity contribution in [1.29, 1.82) is 0 Å². The van der Waals surface area contributed by atoms with Gasteiger partial charge in [-0.2, -0.15) is 0 Å². The van der Waals surface area contributed by atoms with Crippen molar-refractivity contribution in [3.05, 3.63) is 0 Å². The highest BCUT2D eigenvalue weighted by Crippen LogP contribution is 2.10. The van der Waals surface area contributed by atoms with Crippen LogP contribution in [-0.2, 0) is 9.59 Å². The lowest BCUT2D eigenvalue weighted by Gasteiger charge is -2.20. The van der Waals surface area contributed by atoms with Crippen LogP contribution < -0.4 is 0 Å². The lowest BCUT2D eigenvalue weighted by molar-refractivity contribution is -0.147. The van der Waals surface area contributed by atoms with Gasteiger partial charge in [-0.05, 0) is 0 Å². The number of aliphatic hydroxyl groups is 3. The Balaban J connectivity index is 0. The zero-order chi connectivity index (χ0) is 12.5. The van der Waals surface area contributed by atoms with Crippen molar-refractivity contribution in [1.82, 2.24) is 0 Å². The summed E-state index contributed by atoms with van der Waals surface area (Å²) in [5, 5.41) is 40.8. The number of carboxylic acids is 2. The molecule has 15 heavy (non-hydrogen) atoms. The molecule has 0 unspecified atom stereocenters. The molecule has 0 atom stereocenters. The van der Waals surface area contributed by atoms with Gasteiger partial charge in [-0.25, -0.2) is 0 Å². The van der Waals surface area contributed by atoms with Gasteiger partial charge in [0.25, 0.3) is 0 Å². The second-order valence-corrected chi connectivity index (χ2v) is 3.25. The second kappa shape index (κ2) is 8.16. The Morgan fingerprint density at radius 2 is 1.20 bits per heavy atom. The second-order valence-electron chi connectivity index (χ2n) is 3.25. The molecule has 0 saturated heterocycles. The van der Waals surface area contributed by atoms with E-state index in [1.807, 2.05) is 0 Å². The molecular weight excluding hydrogens is 208 g/mol. The Labute approximate surface area is 86.6 Å². The van der Waals surface area contributed by atoms with Gasteiger partial charge in [-0.15, -0.1) is 0 Å². The van der Waals surface area contributed by atoms with Gasteiger partial charge in [0.05, 0.1) is 19.8 Å². The molecule has 0 aromatic heterocycles. The minimum absolute atomic E-state index is 0.181. The van der Waals surface area contributed by atoms with Gasteiger partial charge in [0, 0.05) is 5.41 Å². The van der Waals surface area contributed by atoms with Gasteiger partial charge in [0.15, 0.2) is 0 Å². The smallest absolute Gasteiger partial charge is 0.314 e. The van der Waals surface area contributed by atoms with E-state index in [0.717, 1.165) is 0 Å². The maximum absolute atomic E-state index is 9.43. The van der Waals surface area contributed by atoms with Crippen LogP contribution in [0.25, 0.3) is 0 Å². The Kier molecular flexibility index (Phi) is 8.84. The van der Waals surface area contributed by atoms with Crippen LogP contribution in [-0.4, -0.2) is 57.3 Å². The lowest BCUT2D eigenvalue weighted by atomic mass is 9.95. The third-order valence-electron chi connectivity index (χ3n) is 1.45. The molecule has 0 aliphatic heterocycles. The van der Waals surface area contributed by atoms with Crippen LogP contribution in [0.3, 0.4) is 0 Å². The minimum atomic E-state index is -1.31. The van der Waals surface area contributed by atoms with Crippen LogP contribution in [0, 0.1) is 5.41 Å². The summed E-state index contributed by atoms with van der Waals surface area (Å²) in [6.45, 7) is 1.06. The van der Waals surface area contributed by atoms with E-state index < -0.39 is 23.8 Å². The van der Waals surface area contributed by atoms with Crippen molar-refractivity contribution in [3.8, 4) is 0 Å². The van der Waals surface area contributed by atoms with E-state index in [1.165, 1.54) is 0 Å². The summed E-state index contributed by atoms with van der Waals surface area (Å²) in [7, 11) is 0. The van der Waals surface area contributed by atoms with Gasteiger partial charge in [0.2, 0.25) is 0 Å². The summed E-state index contributed by atoms with van der Waals surface area (Å²) in [6, 6.07) is 0. The summed E-state index contributed by atoms with van der Waals surface area (Å²) < 4.78 is 0. The molecule has 0 aromatic carbocycles. The van der Waals surface area contributed by atoms with E-state index in [-0.39, 0.29) is 19.8 Å². The summed E-state index contributed by atoms with van der Waals surface area (Å²) in [6.07, 6.45) is -0.806. The molecule has 0 bridgehead atoms. The predicted octanol–water partition coefficient (Wildman–Crippen LogP) is -1.48. The average Bonchev–Trinajstić information content (AvgIpc) is 2.15. The van der Waals surface area contributed by atoms with E-state index in [9.17, 15) is 9.59 Å². The molecule has 5 N–H and O–H groups in total. The molecule has 0 radical (unpaired) electrons. The number of aliphatic hydroxyl groups excluding tert-OH is 3. The zero-order valence-electron chi connectivity index (χ0n) is 8.38. The maximum atomic E-state index is 9.43. The van der Waals surface area contributed by atoms with E-state index in [2.05, 4.69) is 0 Å². The standard InChI is InChI=1S/C5H12O3.C3H4O4/c1-5(2-6,3-7)4-8;4-2(5)1-3(6)7/h6-8H,2-4H2,1H3;1H2,(H,4,5)(H,6,7). The highest BCUT2D eigenvalue weighted by molar-refractivity contribution is 5.88. The van der Waals surface area contributed by atoms with Gasteiger partial charge < -0.3 is 25.5 Å². The molecule has 0 saturated carbocycles. The Morgan fingerprint density at radius 1 is 0.933 bits per heavy atom. The van der Waals surface area contributed by atoms with Crippen LogP contribution in [0.4, 0.5) is 0 Å². The molecule has 90 valence electrons. The molecular formula is C8H16O7. The number of hydrogen-bond donors (Lipinski definition) is 5. The van der Waals surface area contributed by atoms with E-state index in [0.29, 0.717) is 0 Å². The van der Waals surface area contributed by atoms with Crippen molar-refractivity contribution < 1.29 is 35.1 Å². The Morgan fingerprint density at radius 3 is 1.20 bits per heavy atom. The number of rotatable bonds is 5. The molecule has 0 aliphatic carbocycles. The van der Waals surface area contributed by atoms with Crippen LogP contribution in [0.1, 0.15) is 13.3 Å². The monoisotopic (exact) mass is 224 g/mol. The first kappa shape index (κ1) is 16.3. The van der Waals surface area contributed by atoms with E-state index in [1.54, 1.807) is 6.92 Å². The largest absolute Gasteiger partial charge is 0.481 e. The highest BCUT2D eigenvalue weighted by Gasteiger charge is 2.20. The quantitative estimate of drug-likeness (QED) is 0.359. The van der Waals surface area contributed by atoms with E-state index in [4.69, 9.17) is 25.5 Å². The molecule has 0 rings (SSSR count). The average molecular weight is 224 g/mol. The Bertz CT molecular complexity index is 177. The molecule has 7 nitrogen and oxygen atoms in total. The lowest BCUT2D eigenvalue weighted by Crippen LogP contribution is -2.29. The van der Waals surface area contributed by atoms with Crippen molar-refractivity contribution in [2.24, 2.45) is 5.41 Å². The first-order valence-electron chi connectivity index (χ1n) is 4.07. The van der Waals surface area contributed by atoms with Crippen LogP contribution in [0.15, 0.2) is 0 Å². The molecule has 7 heteroatoms. The fourth-order valence-corrected chi connectivity index (χ4v) is 0.279. The number of aliphatic carboxylic acids is 2. The predicted molar refractivity (Wildman–Crippen MR) is 49.3 cm³/mol. The molecule has 0 fully saturated rings. The van der Waals surface area contributed by atoms with Crippen molar-refractivity contribution in [3.63, 3.8) is 0 Å². The summed E-state index contributed by atoms with van der Waals surface area (Å²) in [4.78, 5) is 18.9. The van der Waals surface area contributed by atoms with Gasteiger partial charge in [-0.1, -0.05) is 6.92 Å². The molecule has 0 heterocycles. The van der Waals surface area contributed by atoms with Crippen molar-refractivity contribution in [2.75, 3.05) is 19.8 Å². The fraction of sp³-hybridized carbons (Fsp3) is 0.750. The van der Waals surface area contributed by atoms with Crippen molar-refractivity contribution >= 4 is 11.9 Å². The number of carbonyl (C=O) groups is 2. The highest BCUT2D eigenvalue weighted by atomic mass is 16.4. The molecule has 0 aliphatic rings. The van der Waals surface area contributed by atoms with Gasteiger partial charge in [0.1, 0.15) is 6.42 Å². The van der Waals surface area contributed by atoms with Gasteiger partial charge >= 0.3 is 11.9 Å².